The highest BCUT2D eigenvalue weighted by Crippen LogP contribution is 2.13. The first kappa shape index (κ1) is 6.99. The van der Waals surface area contributed by atoms with E-state index in [9.17, 15) is 0 Å². The Kier molecular flexibility index (Phi) is 2.45. The Bertz CT molecular complexity index is 84.4. The van der Waals surface area contributed by atoms with Crippen LogP contribution < -0.4 is 0 Å². The Hall–Kier alpha value is -0.120. The number of hydrogen-bond acceptors (Lipinski definition) is 3. The smallest absolute Gasteiger partial charge is 0.183 e. The summed E-state index contributed by atoms with van der Waals surface area (Å²) >= 11 is 0. The number of aliphatic hydroxyl groups excluding tert-OH is 1. The summed E-state index contributed by atoms with van der Waals surface area (Å²) in [4.78, 5) is 0. The van der Waals surface area contributed by atoms with E-state index in [1.54, 1.807) is 7.11 Å². The molecule has 0 aromatic carbocycles. The topological polar surface area (TPSA) is 38.7 Å². The first-order chi connectivity index (χ1) is 4.34. The molecule has 3 nitrogen and oxygen atoms in total. The second-order valence-corrected chi connectivity index (χ2v) is 2.18. The van der Waals surface area contributed by atoms with Gasteiger partial charge in [0.05, 0.1) is 0 Å². The lowest BCUT2D eigenvalue weighted by Crippen LogP contribution is -2.35. The molecular weight excluding hydrogens is 120 g/mol. The highest BCUT2D eigenvalue weighted by molar-refractivity contribution is 4.64. The lowest BCUT2D eigenvalue weighted by atomic mass is 10.1. The van der Waals surface area contributed by atoms with Gasteiger partial charge < -0.3 is 14.6 Å². The lowest BCUT2D eigenvalue weighted by molar-refractivity contribution is -0.201. The first-order valence-corrected chi connectivity index (χ1v) is 3.17. The SMILES string of the molecule is COC1OCCC[C@@H]1O. The third kappa shape index (κ3) is 1.64. The summed E-state index contributed by atoms with van der Waals surface area (Å²) in [7, 11) is 1.54. The Morgan fingerprint density at radius 2 is 2.44 bits per heavy atom. The predicted octanol–water partition coefficient (Wildman–Crippen LogP) is 0.130. The summed E-state index contributed by atoms with van der Waals surface area (Å²) in [6.45, 7) is 0.704. The lowest BCUT2D eigenvalue weighted by Gasteiger charge is -2.26. The van der Waals surface area contributed by atoms with Gasteiger partial charge in [-0.2, -0.15) is 0 Å². The van der Waals surface area contributed by atoms with Crippen LogP contribution in [-0.2, 0) is 9.47 Å². The van der Waals surface area contributed by atoms with Gasteiger partial charge in [-0.1, -0.05) is 0 Å². The molecule has 0 aromatic rings. The fourth-order valence-electron chi connectivity index (χ4n) is 0.964. The molecule has 1 N–H and O–H groups in total. The van der Waals surface area contributed by atoms with E-state index in [1.165, 1.54) is 0 Å². The van der Waals surface area contributed by atoms with Crippen LogP contribution in [0.15, 0.2) is 0 Å². The molecule has 1 aliphatic rings. The predicted molar refractivity (Wildman–Crippen MR) is 32.0 cm³/mol. The molecule has 0 bridgehead atoms. The second-order valence-electron chi connectivity index (χ2n) is 2.18. The largest absolute Gasteiger partial charge is 0.388 e. The van der Waals surface area contributed by atoms with Gasteiger partial charge in [0.15, 0.2) is 6.29 Å². The molecule has 3 heteroatoms. The zero-order chi connectivity index (χ0) is 6.69. The van der Waals surface area contributed by atoms with Gasteiger partial charge in [0.2, 0.25) is 0 Å². The van der Waals surface area contributed by atoms with Crippen LogP contribution in [0.4, 0.5) is 0 Å². The molecule has 2 atom stereocenters. The van der Waals surface area contributed by atoms with E-state index < -0.39 is 12.4 Å². The van der Waals surface area contributed by atoms with Gasteiger partial charge >= 0.3 is 0 Å². The number of rotatable bonds is 1. The van der Waals surface area contributed by atoms with Crippen LogP contribution in [-0.4, -0.2) is 31.2 Å². The maximum absolute atomic E-state index is 9.12. The standard InChI is InChI=1S/C6H12O3/c1-8-6-5(7)3-2-4-9-6/h5-7H,2-4H2,1H3/t5-,6?/m0/s1. The molecule has 1 aliphatic heterocycles. The summed E-state index contributed by atoms with van der Waals surface area (Å²) in [5.74, 6) is 0. The van der Waals surface area contributed by atoms with Gasteiger partial charge in [0.1, 0.15) is 6.10 Å². The molecule has 1 heterocycles. The summed E-state index contributed by atoms with van der Waals surface area (Å²) in [5.41, 5.74) is 0. The van der Waals surface area contributed by atoms with Gasteiger partial charge in [-0.15, -0.1) is 0 Å². The molecule has 1 unspecified atom stereocenters. The third-order valence-electron chi connectivity index (χ3n) is 1.47. The van der Waals surface area contributed by atoms with Gasteiger partial charge in [-0.3, -0.25) is 0 Å². The fourth-order valence-corrected chi connectivity index (χ4v) is 0.964. The monoisotopic (exact) mass is 132 g/mol. The maximum Gasteiger partial charge on any atom is 0.183 e. The van der Waals surface area contributed by atoms with E-state index in [0.717, 1.165) is 12.8 Å². The molecule has 1 fully saturated rings. The quantitative estimate of drug-likeness (QED) is 0.551. The van der Waals surface area contributed by atoms with Crippen LogP contribution in [0, 0.1) is 0 Å². The zero-order valence-corrected chi connectivity index (χ0v) is 5.54. The molecule has 0 aliphatic carbocycles. The van der Waals surface area contributed by atoms with E-state index in [4.69, 9.17) is 14.6 Å². The number of hydrogen-bond donors (Lipinski definition) is 1. The Morgan fingerprint density at radius 1 is 1.67 bits per heavy atom. The molecular formula is C6H12O3. The Labute approximate surface area is 54.6 Å². The van der Waals surface area contributed by atoms with Crippen LogP contribution in [0.2, 0.25) is 0 Å². The number of aliphatic hydroxyl groups is 1. The number of ether oxygens (including phenoxy) is 2. The molecule has 1 rings (SSSR count). The highest BCUT2D eigenvalue weighted by Gasteiger charge is 2.22. The van der Waals surface area contributed by atoms with Crippen molar-refractivity contribution < 1.29 is 14.6 Å². The Morgan fingerprint density at radius 3 is 2.89 bits per heavy atom. The molecule has 0 amide bonds. The van der Waals surface area contributed by atoms with Crippen LogP contribution in [0.25, 0.3) is 0 Å². The van der Waals surface area contributed by atoms with Crippen LogP contribution in [0.1, 0.15) is 12.8 Å². The van der Waals surface area contributed by atoms with Crippen molar-refractivity contribution in [3.05, 3.63) is 0 Å². The van der Waals surface area contributed by atoms with Gasteiger partial charge in [-0.25, -0.2) is 0 Å². The second kappa shape index (κ2) is 3.15. The fraction of sp³-hybridized carbons (Fsp3) is 1.00. The van der Waals surface area contributed by atoms with Crippen LogP contribution >= 0.6 is 0 Å². The van der Waals surface area contributed by atoms with Crippen molar-refractivity contribution in [3.8, 4) is 0 Å². The van der Waals surface area contributed by atoms with Gasteiger partial charge in [0, 0.05) is 13.7 Å². The third-order valence-corrected chi connectivity index (χ3v) is 1.47. The molecule has 54 valence electrons. The minimum Gasteiger partial charge on any atom is -0.388 e. The van der Waals surface area contributed by atoms with Gasteiger partial charge in [0.25, 0.3) is 0 Å². The van der Waals surface area contributed by atoms with Crippen molar-refractivity contribution >= 4 is 0 Å². The first-order valence-electron chi connectivity index (χ1n) is 3.17. The summed E-state index contributed by atoms with van der Waals surface area (Å²) in [6, 6.07) is 0. The van der Waals surface area contributed by atoms with Crippen molar-refractivity contribution in [3.63, 3.8) is 0 Å². The molecule has 0 radical (unpaired) electrons. The summed E-state index contributed by atoms with van der Waals surface area (Å²) in [6.07, 6.45) is 0.905. The minimum atomic E-state index is -0.427. The maximum atomic E-state index is 9.12. The van der Waals surface area contributed by atoms with E-state index in [0.29, 0.717) is 6.61 Å². The van der Waals surface area contributed by atoms with Crippen molar-refractivity contribution in [2.75, 3.05) is 13.7 Å². The van der Waals surface area contributed by atoms with E-state index in [2.05, 4.69) is 0 Å². The molecule has 9 heavy (non-hydrogen) atoms. The van der Waals surface area contributed by atoms with E-state index in [-0.39, 0.29) is 0 Å². The van der Waals surface area contributed by atoms with Crippen molar-refractivity contribution in [2.45, 2.75) is 25.2 Å². The summed E-state index contributed by atoms with van der Waals surface area (Å²) in [5, 5.41) is 9.12. The molecule has 0 spiro atoms. The van der Waals surface area contributed by atoms with Gasteiger partial charge in [-0.05, 0) is 12.8 Å². The average Bonchev–Trinajstić information content (AvgIpc) is 1.89. The summed E-state index contributed by atoms with van der Waals surface area (Å²) < 4.78 is 9.90. The number of methoxy groups -OCH3 is 1. The zero-order valence-electron chi connectivity index (χ0n) is 5.54. The van der Waals surface area contributed by atoms with Crippen LogP contribution in [0.3, 0.4) is 0 Å². The minimum absolute atomic E-state index is 0.390. The highest BCUT2D eigenvalue weighted by atomic mass is 16.7. The molecule has 0 aromatic heterocycles. The average molecular weight is 132 g/mol. The van der Waals surface area contributed by atoms with Crippen molar-refractivity contribution in [1.29, 1.82) is 0 Å². The van der Waals surface area contributed by atoms with Crippen molar-refractivity contribution in [2.24, 2.45) is 0 Å². The normalized spacial score (nSPS) is 36.7. The molecule has 1 saturated heterocycles. The van der Waals surface area contributed by atoms with Crippen molar-refractivity contribution in [1.82, 2.24) is 0 Å². The molecule has 0 saturated carbocycles. The van der Waals surface area contributed by atoms with E-state index >= 15 is 0 Å². The Balaban J connectivity index is 2.30. The van der Waals surface area contributed by atoms with E-state index in [1.807, 2.05) is 0 Å². The van der Waals surface area contributed by atoms with Crippen LogP contribution in [0.5, 0.6) is 0 Å².